The normalized spacial score (nSPS) is 12.3. The summed E-state index contributed by atoms with van der Waals surface area (Å²) >= 11 is 0. The Morgan fingerprint density at radius 1 is 1.47 bits per heavy atom. The number of nitrogens with two attached hydrogens (primary N) is 1. The van der Waals surface area contributed by atoms with Gasteiger partial charge in [0.25, 0.3) is 0 Å². The molecule has 0 aliphatic rings. The lowest BCUT2D eigenvalue weighted by atomic mass is 10.2. The van der Waals surface area contributed by atoms with Crippen molar-refractivity contribution < 1.29 is 14.6 Å². The van der Waals surface area contributed by atoms with E-state index in [1.807, 2.05) is 12.1 Å². The molecule has 0 radical (unpaired) electrons. The van der Waals surface area contributed by atoms with Crippen LogP contribution in [-0.2, 0) is 6.54 Å². The smallest absolute Gasteiger partial charge is 0.127 e. The molecule has 3 N–H and O–H groups in total. The van der Waals surface area contributed by atoms with Crippen molar-refractivity contribution in [3.8, 4) is 11.5 Å². The van der Waals surface area contributed by atoms with Crippen LogP contribution in [0.1, 0.15) is 12.5 Å². The van der Waals surface area contributed by atoms with Crippen molar-refractivity contribution in [2.24, 2.45) is 5.73 Å². The molecule has 0 saturated carbocycles. The topological polar surface area (TPSA) is 64.7 Å². The van der Waals surface area contributed by atoms with Crippen molar-refractivity contribution in [3.63, 3.8) is 0 Å². The van der Waals surface area contributed by atoms with Gasteiger partial charge in [-0.3, -0.25) is 0 Å². The van der Waals surface area contributed by atoms with Gasteiger partial charge in [0.1, 0.15) is 18.1 Å². The summed E-state index contributed by atoms with van der Waals surface area (Å²) in [6.07, 6.45) is -0.481. The highest BCUT2D eigenvalue weighted by atomic mass is 16.5. The Morgan fingerprint density at radius 2 is 2.20 bits per heavy atom. The summed E-state index contributed by atoms with van der Waals surface area (Å²) in [5.41, 5.74) is 6.47. The van der Waals surface area contributed by atoms with Crippen molar-refractivity contribution >= 4 is 0 Å². The van der Waals surface area contributed by atoms with Gasteiger partial charge in [-0.15, -0.1) is 0 Å². The molecule has 0 bridgehead atoms. The zero-order valence-corrected chi connectivity index (χ0v) is 9.06. The molecular weight excluding hydrogens is 194 g/mol. The molecule has 0 amide bonds. The molecule has 4 heteroatoms. The van der Waals surface area contributed by atoms with Gasteiger partial charge < -0.3 is 20.3 Å². The maximum atomic E-state index is 9.06. The summed E-state index contributed by atoms with van der Waals surface area (Å²) in [5, 5.41) is 9.06. The van der Waals surface area contributed by atoms with E-state index in [1.165, 1.54) is 0 Å². The van der Waals surface area contributed by atoms with E-state index in [2.05, 4.69) is 0 Å². The Labute approximate surface area is 89.6 Å². The van der Waals surface area contributed by atoms with E-state index in [4.69, 9.17) is 20.3 Å². The molecule has 4 nitrogen and oxygen atoms in total. The molecule has 0 aliphatic heterocycles. The van der Waals surface area contributed by atoms with E-state index in [0.29, 0.717) is 18.0 Å². The Bertz CT molecular complexity index is 313. The van der Waals surface area contributed by atoms with Crippen LogP contribution in [0.2, 0.25) is 0 Å². The number of ether oxygens (including phenoxy) is 2. The Morgan fingerprint density at radius 3 is 2.73 bits per heavy atom. The van der Waals surface area contributed by atoms with Crippen LogP contribution in [-0.4, -0.2) is 24.9 Å². The van der Waals surface area contributed by atoms with Crippen molar-refractivity contribution in [1.29, 1.82) is 0 Å². The van der Waals surface area contributed by atoms with Gasteiger partial charge in [0.2, 0.25) is 0 Å². The van der Waals surface area contributed by atoms with E-state index < -0.39 is 6.10 Å². The third-order valence-corrected chi connectivity index (χ3v) is 1.97. The molecule has 0 saturated heterocycles. The molecule has 0 heterocycles. The number of hydrogen-bond acceptors (Lipinski definition) is 4. The first kappa shape index (κ1) is 11.8. The van der Waals surface area contributed by atoms with Crippen LogP contribution in [0.4, 0.5) is 0 Å². The molecule has 1 aromatic carbocycles. The van der Waals surface area contributed by atoms with Gasteiger partial charge in [0, 0.05) is 18.2 Å². The molecule has 1 unspecified atom stereocenters. The predicted molar refractivity (Wildman–Crippen MR) is 58.1 cm³/mol. The second-order valence-corrected chi connectivity index (χ2v) is 3.34. The number of methoxy groups -OCH3 is 1. The first-order valence-electron chi connectivity index (χ1n) is 4.85. The van der Waals surface area contributed by atoms with Gasteiger partial charge >= 0.3 is 0 Å². The average molecular weight is 211 g/mol. The third-order valence-electron chi connectivity index (χ3n) is 1.97. The van der Waals surface area contributed by atoms with Gasteiger partial charge in [-0.2, -0.15) is 0 Å². The number of aliphatic hydroxyl groups excluding tert-OH is 1. The van der Waals surface area contributed by atoms with E-state index in [9.17, 15) is 0 Å². The largest absolute Gasteiger partial charge is 0.496 e. The summed E-state index contributed by atoms with van der Waals surface area (Å²) < 4.78 is 10.5. The minimum atomic E-state index is -0.481. The second kappa shape index (κ2) is 5.58. The summed E-state index contributed by atoms with van der Waals surface area (Å²) in [4.78, 5) is 0. The number of rotatable bonds is 5. The lowest BCUT2D eigenvalue weighted by Crippen LogP contribution is -2.12. The maximum absolute atomic E-state index is 9.06. The zero-order chi connectivity index (χ0) is 11.3. The zero-order valence-electron chi connectivity index (χ0n) is 9.06. The van der Waals surface area contributed by atoms with Crippen molar-refractivity contribution in [2.75, 3.05) is 13.7 Å². The highest BCUT2D eigenvalue weighted by Gasteiger charge is 2.04. The summed E-state index contributed by atoms with van der Waals surface area (Å²) in [6.45, 7) is 2.37. The van der Waals surface area contributed by atoms with Gasteiger partial charge in [-0.1, -0.05) is 6.07 Å². The Hall–Kier alpha value is -1.26. The SMILES string of the molecule is COc1cc(OCC(C)O)ccc1CN. The molecule has 1 rings (SSSR count). The van der Waals surface area contributed by atoms with Gasteiger partial charge in [-0.25, -0.2) is 0 Å². The van der Waals surface area contributed by atoms with Crippen molar-refractivity contribution in [1.82, 2.24) is 0 Å². The molecule has 0 aromatic heterocycles. The number of hydrogen-bond donors (Lipinski definition) is 2. The van der Waals surface area contributed by atoms with Crippen LogP contribution >= 0.6 is 0 Å². The molecular formula is C11H17NO3. The standard InChI is InChI=1S/C11H17NO3/c1-8(13)7-15-10-4-3-9(6-12)11(5-10)14-2/h3-5,8,13H,6-7,12H2,1-2H3. The highest BCUT2D eigenvalue weighted by molar-refractivity contribution is 5.40. The van der Waals surface area contributed by atoms with E-state index in [-0.39, 0.29) is 6.61 Å². The van der Waals surface area contributed by atoms with Crippen LogP contribution in [0, 0.1) is 0 Å². The van der Waals surface area contributed by atoms with E-state index in [1.54, 1.807) is 20.1 Å². The van der Waals surface area contributed by atoms with E-state index in [0.717, 1.165) is 5.56 Å². The predicted octanol–water partition coefficient (Wildman–Crippen LogP) is 0.913. The van der Waals surface area contributed by atoms with Gasteiger partial charge in [0.15, 0.2) is 0 Å². The quantitative estimate of drug-likeness (QED) is 0.760. The molecule has 15 heavy (non-hydrogen) atoms. The minimum Gasteiger partial charge on any atom is -0.496 e. The fraction of sp³-hybridized carbons (Fsp3) is 0.455. The summed E-state index contributed by atoms with van der Waals surface area (Å²) in [5.74, 6) is 1.38. The van der Waals surface area contributed by atoms with Crippen molar-refractivity contribution in [3.05, 3.63) is 23.8 Å². The molecule has 1 atom stereocenters. The lowest BCUT2D eigenvalue weighted by molar-refractivity contribution is 0.122. The monoisotopic (exact) mass is 211 g/mol. The maximum Gasteiger partial charge on any atom is 0.127 e. The fourth-order valence-corrected chi connectivity index (χ4v) is 1.20. The molecule has 1 aromatic rings. The van der Waals surface area contributed by atoms with Crippen molar-refractivity contribution in [2.45, 2.75) is 19.6 Å². The summed E-state index contributed by atoms with van der Waals surface area (Å²) in [7, 11) is 1.59. The highest BCUT2D eigenvalue weighted by Crippen LogP contribution is 2.24. The van der Waals surface area contributed by atoms with Crippen LogP contribution < -0.4 is 15.2 Å². The van der Waals surface area contributed by atoms with Gasteiger partial charge in [0.05, 0.1) is 13.2 Å². The number of benzene rings is 1. The average Bonchev–Trinajstić information content (AvgIpc) is 2.25. The minimum absolute atomic E-state index is 0.269. The first-order valence-corrected chi connectivity index (χ1v) is 4.85. The van der Waals surface area contributed by atoms with Crippen LogP contribution in [0.15, 0.2) is 18.2 Å². The summed E-state index contributed by atoms with van der Waals surface area (Å²) in [6, 6.07) is 5.44. The first-order chi connectivity index (χ1) is 7.17. The lowest BCUT2D eigenvalue weighted by Gasteiger charge is -2.11. The van der Waals surface area contributed by atoms with Crippen LogP contribution in [0.3, 0.4) is 0 Å². The van der Waals surface area contributed by atoms with Crippen LogP contribution in [0.25, 0.3) is 0 Å². The van der Waals surface area contributed by atoms with Gasteiger partial charge in [-0.05, 0) is 13.0 Å². The molecule has 0 fully saturated rings. The fourth-order valence-electron chi connectivity index (χ4n) is 1.20. The Kier molecular flexibility index (Phi) is 4.39. The molecule has 0 aliphatic carbocycles. The Balaban J connectivity index is 2.74. The second-order valence-electron chi connectivity index (χ2n) is 3.34. The van der Waals surface area contributed by atoms with Crippen LogP contribution in [0.5, 0.6) is 11.5 Å². The molecule has 84 valence electrons. The number of aliphatic hydroxyl groups is 1. The third kappa shape index (κ3) is 3.42. The molecule has 0 spiro atoms. The van der Waals surface area contributed by atoms with E-state index >= 15 is 0 Å².